The number of ether oxygens (including phenoxy) is 1. The van der Waals surface area contributed by atoms with E-state index in [0.29, 0.717) is 0 Å². The normalized spacial score (nSPS) is 10.3. The predicted molar refractivity (Wildman–Crippen MR) is 76.3 cm³/mol. The lowest BCUT2D eigenvalue weighted by molar-refractivity contribution is -0.137. The van der Waals surface area contributed by atoms with E-state index >= 15 is 0 Å². The highest BCUT2D eigenvalue weighted by molar-refractivity contribution is 6.39. The molecule has 3 N–H and O–H groups in total. The Morgan fingerprint density at radius 1 is 1.35 bits per heavy atom. The molecule has 1 aromatic rings. The second-order valence-corrected chi connectivity index (χ2v) is 4.78. The Balaban J connectivity index is 3.01. The van der Waals surface area contributed by atoms with E-state index < -0.39 is 18.4 Å². The van der Waals surface area contributed by atoms with Gasteiger partial charge < -0.3 is 20.5 Å². The van der Waals surface area contributed by atoms with Gasteiger partial charge in [-0.15, -0.1) is 0 Å². The van der Waals surface area contributed by atoms with Gasteiger partial charge in [0, 0.05) is 19.2 Å². The second-order valence-electron chi connectivity index (χ2n) is 3.97. The zero-order valence-corrected chi connectivity index (χ0v) is 12.2. The molecule has 20 heavy (non-hydrogen) atoms. The van der Waals surface area contributed by atoms with Gasteiger partial charge in [-0.1, -0.05) is 23.2 Å². The molecule has 1 rings (SSSR count). The van der Waals surface area contributed by atoms with Gasteiger partial charge in [-0.3, -0.25) is 9.59 Å². The number of benzene rings is 1. The van der Waals surface area contributed by atoms with Gasteiger partial charge in [0.15, 0.2) is 0 Å². The summed E-state index contributed by atoms with van der Waals surface area (Å²) in [5.74, 6) is -1.63. The van der Waals surface area contributed by atoms with E-state index in [4.69, 9.17) is 38.8 Å². The number of carbonyl (C=O) groups excluding carboxylic acids is 1. The molecule has 0 aliphatic rings. The number of carboxylic acid groups (broad SMARTS) is 1. The molecule has 0 saturated heterocycles. The molecule has 0 aliphatic carbocycles. The van der Waals surface area contributed by atoms with Crippen LogP contribution in [0.2, 0.25) is 10.0 Å². The lowest BCUT2D eigenvalue weighted by atomic mass is 10.1. The first-order valence-corrected chi connectivity index (χ1v) is 6.37. The number of carboxylic acids is 1. The minimum atomic E-state index is -1.12. The highest BCUT2D eigenvalue weighted by Crippen LogP contribution is 2.29. The molecule has 0 radical (unpaired) electrons. The molecule has 6 nitrogen and oxygen atoms in total. The molecule has 0 aliphatic heterocycles. The Morgan fingerprint density at radius 3 is 2.35 bits per heavy atom. The van der Waals surface area contributed by atoms with Gasteiger partial charge in [0.05, 0.1) is 22.3 Å². The molecule has 110 valence electrons. The van der Waals surface area contributed by atoms with E-state index in [-0.39, 0.29) is 34.4 Å². The van der Waals surface area contributed by atoms with Crippen molar-refractivity contribution in [2.75, 3.05) is 32.5 Å². The maximum Gasteiger partial charge on any atom is 0.323 e. The van der Waals surface area contributed by atoms with Gasteiger partial charge in [0.2, 0.25) is 0 Å². The number of nitrogens with zero attached hydrogens (tertiary/aromatic N) is 1. The fourth-order valence-electron chi connectivity index (χ4n) is 1.51. The summed E-state index contributed by atoms with van der Waals surface area (Å²) in [5.41, 5.74) is 5.93. The number of methoxy groups -OCH3 is 1. The van der Waals surface area contributed by atoms with Crippen LogP contribution in [-0.2, 0) is 9.53 Å². The topological polar surface area (TPSA) is 92.9 Å². The monoisotopic (exact) mass is 320 g/mol. The van der Waals surface area contributed by atoms with Crippen molar-refractivity contribution >= 4 is 40.8 Å². The van der Waals surface area contributed by atoms with E-state index in [2.05, 4.69) is 0 Å². The molecule has 0 atom stereocenters. The minimum Gasteiger partial charge on any atom is -0.480 e. The maximum atomic E-state index is 12.3. The third-order valence-corrected chi connectivity index (χ3v) is 3.13. The van der Waals surface area contributed by atoms with Crippen molar-refractivity contribution in [3.05, 3.63) is 27.7 Å². The molecule has 1 amide bonds. The molecular formula is C12H14Cl2N2O4. The highest BCUT2D eigenvalue weighted by Gasteiger charge is 2.20. The first kappa shape index (κ1) is 16.6. The number of rotatable bonds is 6. The fraction of sp³-hybridized carbons (Fsp3) is 0.333. The average Bonchev–Trinajstić information content (AvgIpc) is 2.39. The molecule has 0 bridgehead atoms. The number of anilines is 1. The van der Waals surface area contributed by atoms with E-state index in [1.807, 2.05) is 0 Å². The number of aliphatic carboxylic acids is 1. The Kier molecular flexibility index (Phi) is 6.06. The number of hydrogen-bond acceptors (Lipinski definition) is 4. The highest BCUT2D eigenvalue weighted by atomic mass is 35.5. The molecule has 0 aromatic heterocycles. The van der Waals surface area contributed by atoms with Crippen LogP contribution in [0.1, 0.15) is 10.4 Å². The van der Waals surface area contributed by atoms with Crippen LogP contribution in [0.3, 0.4) is 0 Å². The lowest BCUT2D eigenvalue weighted by Crippen LogP contribution is -2.38. The number of halogens is 2. The van der Waals surface area contributed by atoms with Gasteiger partial charge in [-0.2, -0.15) is 0 Å². The number of nitrogens with two attached hydrogens (primary N) is 1. The van der Waals surface area contributed by atoms with E-state index in [0.717, 1.165) is 4.90 Å². The summed E-state index contributed by atoms with van der Waals surface area (Å²) in [4.78, 5) is 24.2. The summed E-state index contributed by atoms with van der Waals surface area (Å²) in [5, 5.41) is 9.11. The van der Waals surface area contributed by atoms with E-state index in [1.54, 1.807) is 0 Å². The number of nitrogen functional groups attached to an aromatic ring is 1. The molecule has 0 saturated carbocycles. The van der Waals surface area contributed by atoms with Crippen LogP contribution in [0.4, 0.5) is 5.69 Å². The molecular weight excluding hydrogens is 307 g/mol. The summed E-state index contributed by atoms with van der Waals surface area (Å²) in [6, 6.07) is 2.71. The van der Waals surface area contributed by atoms with E-state index in [9.17, 15) is 9.59 Å². The third kappa shape index (κ3) is 4.26. The number of carbonyl (C=O) groups is 2. The van der Waals surface area contributed by atoms with Gasteiger partial charge in [0.1, 0.15) is 6.54 Å². The number of amides is 1. The Hall–Kier alpha value is -1.50. The summed E-state index contributed by atoms with van der Waals surface area (Å²) in [6.45, 7) is -0.0848. The van der Waals surface area contributed by atoms with Gasteiger partial charge >= 0.3 is 5.97 Å². The van der Waals surface area contributed by atoms with Crippen LogP contribution in [0, 0.1) is 0 Å². The second kappa shape index (κ2) is 7.33. The van der Waals surface area contributed by atoms with Crippen LogP contribution in [0.15, 0.2) is 12.1 Å². The SMILES string of the molecule is COCCN(CC(=O)O)C(=O)c1cc(Cl)c(N)c(Cl)c1. The van der Waals surface area contributed by atoms with Crippen molar-refractivity contribution in [3.63, 3.8) is 0 Å². The Morgan fingerprint density at radius 2 is 1.90 bits per heavy atom. The first-order valence-electron chi connectivity index (χ1n) is 5.61. The van der Waals surface area contributed by atoms with Crippen LogP contribution >= 0.6 is 23.2 Å². The van der Waals surface area contributed by atoms with Crippen LogP contribution in [-0.4, -0.2) is 48.7 Å². The molecule has 0 unspecified atom stereocenters. The van der Waals surface area contributed by atoms with Crippen LogP contribution < -0.4 is 5.73 Å². The molecule has 0 heterocycles. The smallest absolute Gasteiger partial charge is 0.323 e. The summed E-state index contributed by atoms with van der Waals surface area (Å²) >= 11 is 11.7. The first-order chi connectivity index (χ1) is 9.36. The lowest BCUT2D eigenvalue weighted by Gasteiger charge is -2.20. The van der Waals surface area contributed by atoms with Gasteiger partial charge in [0.25, 0.3) is 5.91 Å². The largest absolute Gasteiger partial charge is 0.480 e. The standard InChI is InChI=1S/C12H14Cl2N2O4/c1-20-3-2-16(6-10(17)18)12(19)7-4-8(13)11(15)9(14)5-7/h4-5H,2-3,6,15H2,1H3,(H,17,18). The number of hydrogen-bond donors (Lipinski definition) is 2. The van der Waals surface area contributed by atoms with Crippen LogP contribution in [0.5, 0.6) is 0 Å². The van der Waals surface area contributed by atoms with Crippen molar-refractivity contribution in [3.8, 4) is 0 Å². The van der Waals surface area contributed by atoms with Crippen molar-refractivity contribution in [2.45, 2.75) is 0 Å². The Labute approximate surface area is 126 Å². The van der Waals surface area contributed by atoms with Crippen LogP contribution in [0.25, 0.3) is 0 Å². The molecule has 0 spiro atoms. The third-order valence-electron chi connectivity index (χ3n) is 2.50. The van der Waals surface area contributed by atoms with Gasteiger partial charge in [-0.25, -0.2) is 0 Å². The van der Waals surface area contributed by atoms with Crippen molar-refractivity contribution < 1.29 is 19.4 Å². The minimum absolute atomic E-state index is 0.140. The zero-order valence-electron chi connectivity index (χ0n) is 10.7. The van der Waals surface area contributed by atoms with E-state index in [1.165, 1.54) is 19.2 Å². The molecule has 0 fully saturated rings. The molecule has 1 aromatic carbocycles. The summed E-state index contributed by atoms with van der Waals surface area (Å²) in [7, 11) is 1.46. The predicted octanol–water partition coefficient (Wildman–Crippen LogP) is 1.75. The van der Waals surface area contributed by atoms with Gasteiger partial charge in [-0.05, 0) is 12.1 Å². The quantitative estimate of drug-likeness (QED) is 0.779. The van der Waals surface area contributed by atoms with Crippen molar-refractivity contribution in [1.82, 2.24) is 4.90 Å². The average molecular weight is 321 g/mol. The summed E-state index contributed by atoms with van der Waals surface area (Å²) < 4.78 is 4.85. The summed E-state index contributed by atoms with van der Waals surface area (Å²) in [6.07, 6.45) is 0. The maximum absolute atomic E-state index is 12.3. The molecule has 8 heteroatoms. The zero-order chi connectivity index (χ0) is 15.3. The fourth-order valence-corrected chi connectivity index (χ4v) is 1.99. The van der Waals surface area contributed by atoms with Crippen molar-refractivity contribution in [2.24, 2.45) is 0 Å². The van der Waals surface area contributed by atoms with Crippen molar-refractivity contribution in [1.29, 1.82) is 0 Å². The Bertz CT molecular complexity index is 499.